The summed E-state index contributed by atoms with van der Waals surface area (Å²) in [7, 11) is 0. The summed E-state index contributed by atoms with van der Waals surface area (Å²) in [6.07, 6.45) is 5.45. The number of aliphatic hydroxyl groups is 1. The number of rotatable bonds is 3. The summed E-state index contributed by atoms with van der Waals surface area (Å²) in [5.41, 5.74) is 6.21. The van der Waals surface area contributed by atoms with Crippen molar-refractivity contribution in [1.82, 2.24) is 0 Å². The van der Waals surface area contributed by atoms with Crippen LogP contribution in [0.4, 0.5) is 0 Å². The van der Waals surface area contributed by atoms with Crippen LogP contribution in [0.1, 0.15) is 53.7 Å². The monoisotopic (exact) mass is 266 g/mol. The van der Waals surface area contributed by atoms with Crippen LogP contribution in [0, 0.1) is 0 Å². The Morgan fingerprint density at radius 3 is 2.25 bits per heavy atom. The fourth-order valence-corrected chi connectivity index (χ4v) is 3.05. The van der Waals surface area contributed by atoms with Crippen molar-refractivity contribution in [3.05, 3.63) is 70.3 Å². The van der Waals surface area contributed by atoms with Gasteiger partial charge in [-0.1, -0.05) is 49.4 Å². The van der Waals surface area contributed by atoms with Crippen LogP contribution in [0.2, 0.25) is 0 Å². The van der Waals surface area contributed by atoms with Gasteiger partial charge in [0.25, 0.3) is 0 Å². The van der Waals surface area contributed by atoms with Gasteiger partial charge in [-0.25, -0.2) is 0 Å². The van der Waals surface area contributed by atoms with Crippen molar-refractivity contribution < 1.29 is 5.11 Å². The SMILES string of the molecule is CCc1ccc(C(O)c2ccc3c(c2)CCCC3)cc1. The molecule has 1 atom stereocenters. The molecule has 0 aliphatic heterocycles. The lowest BCUT2D eigenvalue weighted by molar-refractivity contribution is 0.220. The first-order chi connectivity index (χ1) is 9.78. The topological polar surface area (TPSA) is 20.2 Å². The molecule has 0 bridgehead atoms. The van der Waals surface area contributed by atoms with Gasteiger partial charge in [-0.2, -0.15) is 0 Å². The molecule has 0 saturated carbocycles. The number of fused-ring (bicyclic) bond motifs is 1. The van der Waals surface area contributed by atoms with Gasteiger partial charge in [-0.15, -0.1) is 0 Å². The van der Waals surface area contributed by atoms with Crippen LogP contribution in [0.25, 0.3) is 0 Å². The number of benzene rings is 2. The molecule has 0 saturated heterocycles. The Hall–Kier alpha value is -1.60. The molecule has 20 heavy (non-hydrogen) atoms. The first-order valence-corrected chi connectivity index (χ1v) is 7.66. The van der Waals surface area contributed by atoms with Crippen LogP contribution in [-0.2, 0) is 19.3 Å². The summed E-state index contributed by atoms with van der Waals surface area (Å²) >= 11 is 0. The highest BCUT2D eigenvalue weighted by Crippen LogP contribution is 2.28. The van der Waals surface area contributed by atoms with E-state index in [2.05, 4.69) is 37.3 Å². The first-order valence-electron chi connectivity index (χ1n) is 7.66. The molecule has 1 N–H and O–H groups in total. The van der Waals surface area contributed by atoms with Crippen molar-refractivity contribution in [1.29, 1.82) is 0 Å². The Bertz CT molecular complexity index is 583. The first kappa shape index (κ1) is 13.4. The van der Waals surface area contributed by atoms with Crippen molar-refractivity contribution in [3.63, 3.8) is 0 Å². The smallest absolute Gasteiger partial charge is 0.104 e. The summed E-state index contributed by atoms with van der Waals surface area (Å²) in [4.78, 5) is 0. The van der Waals surface area contributed by atoms with Gasteiger partial charge in [0.1, 0.15) is 6.10 Å². The van der Waals surface area contributed by atoms with Gasteiger partial charge < -0.3 is 5.11 Å². The van der Waals surface area contributed by atoms with E-state index in [4.69, 9.17) is 0 Å². The van der Waals surface area contributed by atoms with Crippen molar-refractivity contribution >= 4 is 0 Å². The Morgan fingerprint density at radius 1 is 0.900 bits per heavy atom. The summed E-state index contributed by atoms with van der Waals surface area (Å²) < 4.78 is 0. The second-order valence-corrected chi connectivity index (χ2v) is 5.73. The van der Waals surface area contributed by atoms with Gasteiger partial charge in [0, 0.05) is 0 Å². The normalized spacial score (nSPS) is 15.7. The Morgan fingerprint density at radius 2 is 1.55 bits per heavy atom. The third kappa shape index (κ3) is 2.64. The van der Waals surface area contributed by atoms with Crippen LogP contribution in [0.5, 0.6) is 0 Å². The maximum atomic E-state index is 10.6. The van der Waals surface area contributed by atoms with Crippen molar-refractivity contribution in [2.24, 2.45) is 0 Å². The lowest BCUT2D eigenvalue weighted by Gasteiger charge is -2.19. The minimum Gasteiger partial charge on any atom is -0.384 e. The minimum atomic E-state index is -0.506. The van der Waals surface area contributed by atoms with Crippen LogP contribution in [0.3, 0.4) is 0 Å². The molecule has 2 aromatic carbocycles. The van der Waals surface area contributed by atoms with Crippen molar-refractivity contribution in [2.75, 3.05) is 0 Å². The lowest BCUT2D eigenvalue weighted by atomic mass is 9.88. The van der Waals surface area contributed by atoms with E-state index in [1.54, 1.807) is 0 Å². The molecule has 0 amide bonds. The van der Waals surface area contributed by atoms with Crippen LogP contribution in [-0.4, -0.2) is 5.11 Å². The molecule has 3 rings (SSSR count). The molecule has 1 nitrogen and oxygen atoms in total. The molecule has 1 aliphatic carbocycles. The van der Waals surface area contributed by atoms with E-state index in [0.29, 0.717) is 0 Å². The van der Waals surface area contributed by atoms with E-state index >= 15 is 0 Å². The maximum absolute atomic E-state index is 10.6. The highest BCUT2D eigenvalue weighted by Gasteiger charge is 2.14. The zero-order chi connectivity index (χ0) is 13.9. The number of hydrogen-bond acceptors (Lipinski definition) is 1. The zero-order valence-electron chi connectivity index (χ0n) is 12.1. The van der Waals surface area contributed by atoms with E-state index in [1.165, 1.54) is 36.0 Å². The third-order valence-corrected chi connectivity index (χ3v) is 4.39. The summed E-state index contributed by atoms with van der Waals surface area (Å²) in [5, 5.41) is 10.6. The van der Waals surface area contributed by atoms with Crippen LogP contribution < -0.4 is 0 Å². The Labute approximate surface area is 121 Å². The minimum absolute atomic E-state index is 0.506. The lowest BCUT2D eigenvalue weighted by Crippen LogP contribution is -2.06. The van der Waals surface area contributed by atoms with E-state index in [-0.39, 0.29) is 0 Å². The third-order valence-electron chi connectivity index (χ3n) is 4.39. The molecule has 1 heteroatoms. The predicted molar refractivity (Wildman–Crippen MR) is 83.0 cm³/mol. The summed E-state index contributed by atoms with van der Waals surface area (Å²) in [5.74, 6) is 0. The molecule has 0 heterocycles. The summed E-state index contributed by atoms with van der Waals surface area (Å²) in [6, 6.07) is 14.8. The molecule has 0 aromatic heterocycles. The average molecular weight is 266 g/mol. The fourth-order valence-electron chi connectivity index (χ4n) is 3.05. The molecule has 0 fully saturated rings. The largest absolute Gasteiger partial charge is 0.384 e. The van der Waals surface area contributed by atoms with E-state index < -0.39 is 6.10 Å². The van der Waals surface area contributed by atoms with Gasteiger partial charge in [0.05, 0.1) is 0 Å². The summed E-state index contributed by atoms with van der Waals surface area (Å²) in [6.45, 7) is 2.15. The zero-order valence-corrected chi connectivity index (χ0v) is 12.1. The number of aryl methyl sites for hydroxylation is 3. The highest BCUT2D eigenvalue weighted by atomic mass is 16.3. The molecule has 1 unspecified atom stereocenters. The van der Waals surface area contributed by atoms with Crippen molar-refractivity contribution in [2.45, 2.75) is 45.1 Å². The van der Waals surface area contributed by atoms with Crippen molar-refractivity contribution in [3.8, 4) is 0 Å². The quantitative estimate of drug-likeness (QED) is 0.882. The number of aliphatic hydroxyl groups excluding tert-OH is 1. The molecule has 0 spiro atoms. The Balaban J connectivity index is 1.87. The van der Waals surface area contributed by atoms with Gasteiger partial charge in [0.2, 0.25) is 0 Å². The second-order valence-electron chi connectivity index (χ2n) is 5.73. The van der Waals surface area contributed by atoms with Gasteiger partial charge in [-0.3, -0.25) is 0 Å². The highest BCUT2D eigenvalue weighted by molar-refractivity contribution is 5.38. The van der Waals surface area contributed by atoms with E-state index in [1.807, 2.05) is 12.1 Å². The molecule has 2 aromatic rings. The second kappa shape index (κ2) is 5.80. The number of hydrogen-bond donors (Lipinski definition) is 1. The molecule has 1 aliphatic rings. The Kier molecular flexibility index (Phi) is 3.88. The standard InChI is InChI=1S/C19H22O/c1-2-14-7-9-16(10-8-14)19(20)18-12-11-15-5-3-4-6-17(15)13-18/h7-13,19-20H,2-6H2,1H3. The van der Waals surface area contributed by atoms with Gasteiger partial charge >= 0.3 is 0 Å². The maximum Gasteiger partial charge on any atom is 0.104 e. The van der Waals surface area contributed by atoms with E-state index in [0.717, 1.165) is 24.0 Å². The van der Waals surface area contributed by atoms with Gasteiger partial charge in [0.15, 0.2) is 0 Å². The molecule has 104 valence electrons. The van der Waals surface area contributed by atoms with E-state index in [9.17, 15) is 5.11 Å². The average Bonchev–Trinajstić information content (AvgIpc) is 2.54. The molecule has 0 radical (unpaired) electrons. The van der Waals surface area contributed by atoms with Crippen LogP contribution >= 0.6 is 0 Å². The predicted octanol–water partition coefficient (Wildman–Crippen LogP) is 4.21. The van der Waals surface area contributed by atoms with Crippen LogP contribution in [0.15, 0.2) is 42.5 Å². The molecular formula is C19H22O. The fraction of sp³-hybridized carbons (Fsp3) is 0.368. The van der Waals surface area contributed by atoms with Gasteiger partial charge in [-0.05, 0) is 59.9 Å². The molecular weight excluding hydrogens is 244 g/mol.